The third-order valence-electron chi connectivity index (χ3n) is 3.32. The van der Waals surface area contributed by atoms with Gasteiger partial charge < -0.3 is 5.73 Å². The minimum absolute atomic E-state index is 0.595. The highest BCUT2D eigenvalue weighted by Crippen LogP contribution is 2.25. The summed E-state index contributed by atoms with van der Waals surface area (Å²) in [4.78, 5) is 8.57. The molecule has 2 N–H and O–H groups in total. The molecule has 5 heteroatoms. The first kappa shape index (κ1) is 13.3. The van der Waals surface area contributed by atoms with Crippen LogP contribution in [0.4, 0.5) is 5.69 Å². The second-order valence-corrected chi connectivity index (χ2v) is 5.21. The Morgan fingerprint density at radius 1 is 0.905 bits per heavy atom. The van der Waals surface area contributed by atoms with Crippen molar-refractivity contribution < 1.29 is 0 Å². The maximum atomic E-state index is 6.10. The van der Waals surface area contributed by atoms with Crippen molar-refractivity contribution in [2.24, 2.45) is 0 Å². The van der Waals surface area contributed by atoms with Crippen molar-refractivity contribution in [3.63, 3.8) is 0 Å². The average Bonchev–Trinajstić information content (AvgIpc) is 2.80. The van der Waals surface area contributed by atoms with E-state index in [-0.39, 0.29) is 0 Å². The number of hydrogen-bond donors (Lipinski definition) is 1. The fourth-order valence-corrected chi connectivity index (χ4v) is 2.43. The molecule has 3 aromatic rings. The number of anilines is 1. The minimum atomic E-state index is 0.595. The predicted octanol–water partition coefficient (Wildman–Crippen LogP) is 2.84. The Hall–Kier alpha value is -2.69. The highest BCUT2D eigenvalue weighted by Gasteiger charge is 2.13. The van der Waals surface area contributed by atoms with Gasteiger partial charge in [-0.3, -0.25) is 9.97 Å². The Morgan fingerprint density at radius 3 is 2.24 bits per heavy atom. The summed E-state index contributed by atoms with van der Waals surface area (Å²) in [7, 11) is 0. The molecule has 5 nitrogen and oxygen atoms in total. The third-order valence-corrected chi connectivity index (χ3v) is 3.32. The van der Waals surface area contributed by atoms with Gasteiger partial charge >= 0.3 is 0 Å². The molecule has 0 unspecified atom stereocenters. The number of hydrogen-bond acceptors (Lipinski definition) is 4. The predicted molar refractivity (Wildman–Crippen MR) is 83.2 cm³/mol. The van der Waals surface area contributed by atoms with Gasteiger partial charge in [0, 0.05) is 12.4 Å². The zero-order valence-corrected chi connectivity index (χ0v) is 12.3. The molecule has 0 spiro atoms. The summed E-state index contributed by atoms with van der Waals surface area (Å²) in [6, 6.07) is 6.28. The molecule has 21 heavy (non-hydrogen) atoms. The second kappa shape index (κ2) is 5.01. The molecule has 0 saturated carbocycles. The maximum absolute atomic E-state index is 6.10. The average molecular weight is 279 g/mol. The zero-order chi connectivity index (χ0) is 15.0. The van der Waals surface area contributed by atoms with Crippen LogP contribution in [-0.2, 0) is 0 Å². The van der Waals surface area contributed by atoms with Gasteiger partial charge in [0.2, 0.25) is 0 Å². The lowest BCUT2D eigenvalue weighted by Gasteiger charge is -2.05. The number of nitrogen functional groups attached to an aromatic ring is 1. The van der Waals surface area contributed by atoms with E-state index in [2.05, 4.69) is 47.1 Å². The second-order valence-electron chi connectivity index (χ2n) is 5.21. The largest absolute Gasteiger partial charge is 0.396 e. The van der Waals surface area contributed by atoms with E-state index >= 15 is 0 Å². The molecule has 2 heterocycles. The van der Waals surface area contributed by atoms with E-state index in [1.165, 1.54) is 11.1 Å². The molecule has 2 aromatic heterocycles. The van der Waals surface area contributed by atoms with E-state index in [0.29, 0.717) is 11.4 Å². The summed E-state index contributed by atoms with van der Waals surface area (Å²) in [5.41, 5.74) is 12.3. The van der Waals surface area contributed by atoms with Crippen LogP contribution in [0.15, 0.2) is 36.8 Å². The highest BCUT2D eigenvalue weighted by molar-refractivity contribution is 5.71. The lowest BCUT2D eigenvalue weighted by Crippen LogP contribution is -1.98. The van der Waals surface area contributed by atoms with E-state index in [0.717, 1.165) is 17.1 Å². The van der Waals surface area contributed by atoms with Crippen molar-refractivity contribution in [1.82, 2.24) is 19.7 Å². The maximum Gasteiger partial charge on any atom is 0.136 e. The Labute approximate surface area is 123 Å². The van der Waals surface area contributed by atoms with Crippen LogP contribution in [0.3, 0.4) is 0 Å². The van der Waals surface area contributed by atoms with E-state index in [4.69, 9.17) is 5.73 Å². The minimum Gasteiger partial charge on any atom is -0.396 e. The molecule has 106 valence electrons. The van der Waals surface area contributed by atoms with Crippen LogP contribution in [0.25, 0.3) is 17.1 Å². The van der Waals surface area contributed by atoms with Gasteiger partial charge in [0.05, 0.1) is 23.3 Å². The van der Waals surface area contributed by atoms with E-state index in [9.17, 15) is 0 Å². The lowest BCUT2D eigenvalue weighted by molar-refractivity contribution is 0.877. The van der Waals surface area contributed by atoms with Gasteiger partial charge in [-0.05, 0) is 44.0 Å². The number of aromatic nitrogens is 4. The van der Waals surface area contributed by atoms with Crippen molar-refractivity contribution in [3.8, 4) is 17.1 Å². The van der Waals surface area contributed by atoms with Crippen LogP contribution in [0.2, 0.25) is 0 Å². The molecular formula is C16H17N5. The van der Waals surface area contributed by atoms with Gasteiger partial charge in [0.25, 0.3) is 0 Å². The summed E-state index contributed by atoms with van der Waals surface area (Å²) < 4.78 is 1.79. The van der Waals surface area contributed by atoms with Gasteiger partial charge in [0.15, 0.2) is 0 Å². The number of rotatable bonds is 2. The molecule has 3 rings (SSSR count). The Bertz CT molecular complexity index is 784. The van der Waals surface area contributed by atoms with E-state index < -0.39 is 0 Å². The quantitative estimate of drug-likeness (QED) is 0.783. The van der Waals surface area contributed by atoms with Crippen LogP contribution in [0.5, 0.6) is 0 Å². The lowest BCUT2D eigenvalue weighted by atomic mass is 10.1. The number of nitrogens with zero attached hydrogens (tertiary/aromatic N) is 4. The summed E-state index contributed by atoms with van der Waals surface area (Å²) >= 11 is 0. The first-order valence-corrected chi connectivity index (χ1v) is 6.76. The molecule has 0 aliphatic carbocycles. The molecular weight excluding hydrogens is 262 g/mol. The van der Waals surface area contributed by atoms with Crippen molar-refractivity contribution in [1.29, 1.82) is 0 Å². The molecule has 0 fully saturated rings. The molecule has 0 aliphatic rings. The first-order valence-electron chi connectivity index (χ1n) is 6.76. The van der Waals surface area contributed by atoms with E-state index in [1.807, 2.05) is 13.1 Å². The topological polar surface area (TPSA) is 69.6 Å². The zero-order valence-electron chi connectivity index (χ0n) is 12.3. The van der Waals surface area contributed by atoms with Gasteiger partial charge in [-0.2, -0.15) is 5.10 Å². The van der Waals surface area contributed by atoms with Crippen LogP contribution < -0.4 is 5.73 Å². The summed E-state index contributed by atoms with van der Waals surface area (Å²) in [6.07, 6.45) is 5.13. The van der Waals surface area contributed by atoms with Crippen LogP contribution >= 0.6 is 0 Å². The van der Waals surface area contributed by atoms with Crippen molar-refractivity contribution in [3.05, 3.63) is 53.6 Å². The molecule has 0 saturated heterocycles. The molecule has 0 aliphatic heterocycles. The van der Waals surface area contributed by atoms with Crippen LogP contribution in [0.1, 0.15) is 16.8 Å². The fourth-order valence-electron chi connectivity index (χ4n) is 2.43. The molecule has 1 aromatic carbocycles. The summed E-state index contributed by atoms with van der Waals surface area (Å²) in [5, 5.41) is 4.58. The van der Waals surface area contributed by atoms with Crippen molar-refractivity contribution in [2.45, 2.75) is 20.8 Å². The van der Waals surface area contributed by atoms with Gasteiger partial charge in [-0.1, -0.05) is 6.07 Å². The van der Waals surface area contributed by atoms with Gasteiger partial charge in [-0.15, -0.1) is 0 Å². The van der Waals surface area contributed by atoms with Gasteiger partial charge in [0.1, 0.15) is 11.4 Å². The molecule has 0 bridgehead atoms. The first-order chi connectivity index (χ1) is 10.0. The van der Waals surface area contributed by atoms with Gasteiger partial charge in [-0.25, -0.2) is 4.68 Å². The number of nitrogens with two attached hydrogens (primary N) is 1. The van der Waals surface area contributed by atoms with E-state index in [1.54, 1.807) is 17.1 Å². The SMILES string of the molecule is Cc1cc(C)cc(-n2cc(N)c(-c3nccnc3C)n2)c1. The highest BCUT2D eigenvalue weighted by atomic mass is 15.3. The normalized spacial score (nSPS) is 10.8. The number of aryl methyl sites for hydroxylation is 3. The molecule has 0 amide bonds. The fraction of sp³-hybridized carbons (Fsp3) is 0.188. The van der Waals surface area contributed by atoms with Crippen molar-refractivity contribution >= 4 is 5.69 Å². The molecule has 0 radical (unpaired) electrons. The Morgan fingerprint density at radius 2 is 1.57 bits per heavy atom. The Balaban J connectivity index is 2.12. The van der Waals surface area contributed by atoms with Crippen molar-refractivity contribution in [2.75, 3.05) is 5.73 Å². The smallest absolute Gasteiger partial charge is 0.136 e. The molecule has 0 atom stereocenters. The standard InChI is InChI=1S/C16H17N5/c1-10-6-11(2)8-13(7-10)21-9-14(17)16(20-21)15-12(3)18-4-5-19-15/h4-9H,17H2,1-3H3. The van der Waals surface area contributed by atoms with Crippen LogP contribution in [0, 0.1) is 20.8 Å². The summed E-state index contributed by atoms with van der Waals surface area (Å²) in [6.45, 7) is 6.03. The monoisotopic (exact) mass is 279 g/mol. The number of benzene rings is 1. The van der Waals surface area contributed by atoms with Crippen LogP contribution in [-0.4, -0.2) is 19.7 Å². The Kier molecular flexibility index (Phi) is 3.17. The summed E-state index contributed by atoms with van der Waals surface area (Å²) in [5.74, 6) is 0. The third kappa shape index (κ3) is 2.50.